The van der Waals surface area contributed by atoms with E-state index in [4.69, 9.17) is 4.74 Å². The third kappa shape index (κ3) is 6.89. The van der Waals surface area contributed by atoms with E-state index in [9.17, 15) is 9.59 Å². The quantitative estimate of drug-likeness (QED) is 0.402. The van der Waals surface area contributed by atoms with Crippen LogP contribution in [0.15, 0.2) is 47.9 Å². The third-order valence-corrected chi connectivity index (χ3v) is 7.77. The summed E-state index contributed by atoms with van der Waals surface area (Å²) in [7, 11) is 3.90. The molecule has 1 saturated carbocycles. The maximum atomic E-state index is 13.3. The maximum absolute atomic E-state index is 13.3. The summed E-state index contributed by atoms with van der Waals surface area (Å²) in [6.45, 7) is 9.95. The monoisotopic (exact) mass is 562 g/mol. The van der Waals surface area contributed by atoms with Gasteiger partial charge in [0.2, 0.25) is 0 Å². The molecule has 2 fully saturated rings. The van der Waals surface area contributed by atoms with E-state index >= 15 is 0 Å². The van der Waals surface area contributed by atoms with Crippen LogP contribution in [0.2, 0.25) is 0 Å². The summed E-state index contributed by atoms with van der Waals surface area (Å²) in [4.78, 5) is 37.1. The van der Waals surface area contributed by atoms with Gasteiger partial charge in [-0.25, -0.2) is 9.78 Å². The summed E-state index contributed by atoms with van der Waals surface area (Å²) in [5.41, 5.74) is 2.55. The zero-order valence-corrected chi connectivity index (χ0v) is 25.0. The molecular weight excluding hydrogens is 520 g/mol. The Labute approximate surface area is 241 Å². The number of hydrogen-bond donors (Lipinski definition) is 0. The fraction of sp³-hybridized carbons (Fsp3) is 0.567. The van der Waals surface area contributed by atoms with E-state index in [0.717, 1.165) is 37.3 Å². The maximum Gasteiger partial charge on any atom is 0.410 e. The van der Waals surface area contributed by atoms with Gasteiger partial charge in [0.1, 0.15) is 23.2 Å². The van der Waals surface area contributed by atoms with Gasteiger partial charge in [0.15, 0.2) is 0 Å². The molecule has 2 aliphatic rings. The highest BCUT2D eigenvalue weighted by Crippen LogP contribution is 2.33. The fourth-order valence-corrected chi connectivity index (χ4v) is 5.24. The minimum Gasteiger partial charge on any atom is -0.444 e. The van der Waals surface area contributed by atoms with Crippen LogP contribution in [-0.2, 0) is 4.74 Å². The molecule has 1 amide bonds. The van der Waals surface area contributed by atoms with Crippen LogP contribution in [0.4, 0.5) is 16.2 Å². The number of carbonyl (C=O) groups is 1. The van der Waals surface area contributed by atoms with Crippen molar-refractivity contribution in [2.24, 2.45) is 5.92 Å². The Kier molecular flexibility index (Phi) is 8.06. The number of nitrogens with zero attached hydrogens (tertiary/aromatic N) is 8. The number of pyridine rings is 1. The molecule has 2 atom stereocenters. The van der Waals surface area contributed by atoms with Gasteiger partial charge in [0.25, 0.3) is 5.56 Å². The average molecular weight is 563 g/mol. The first kappa shape index (κ1) is 28.6. The molecule has 5 rings (SSSR count). The topological polar surface area (TPSA) is 102 Å². The predicted molar refractivity (Wildman–Crippen MR) is 159 cm³/mol. The smallest absolute Gasteiger partial charge is 0.410 e. The van der Waals surface area contributed by atoms with Crippen LogP contribution in [0.1, 0.15) is 59.5 Å². The summed E-state index contributed by atoms with van der Waals surface area (Å²) in [6, 6.07) is 5.68. The molecule has 0 radical (unpaired) electrons. The van der Waals surface area contributed by atoms with E-state index in [0.29, 0.717) is 23.9 Å². The number of aromatic nitrogens is 5. The van der Waals surface area contributed by atoms with Gasteiger partial charge in [-0.3, -0.25) is 9.36 Å². The standard InChI is InChI=1S/C30H42N8O3/c1-21(36-19-27(31-20-36)26-14-25(34(5)6)16-32-33-26)37-13-11-23(15-28(37)39)35-12-7-8-24(18-35)38(17-22-9-10-22)29(40)41-30(2,3)4/h11,13-16,19-22,24H,7-10,12,17-18H2,1-6H3/t21?,24-/m1/s1. The van der Waals surface area contributed by atoms with Crippen LogP contribution in [0.5, 0.6) is 0 Å². The lowest BCUT2D eigenvalue weighted by atomic mass is 10.0. The third-order valence-electron chi connectivity index (χ3n) is 7.77. The first-order valence-corrected chi connectivity index (χ1v) is 14.5. The lowest BCUT2D eigenvalue weighted by molar-refractivity contribution is 0.0134. The van der Waals surface area contributed by atoms with Crippen molar-refractivity contribution in [1.82, 2.24) is 29.2 Å². The fourth-order valence-electron chi connectivity index (χ4n) is 5.24. The van der Waals surface area contributed by atoms with Gasteiger partial charge in [-0.05, 0) is 71.4 Å². The van der Waals surface area contributed by atoms with Gasteiger partial charge >= 0.3 is 6.09 Å². The average Bonchev–Trinajstić information content (AvgIpc) is 3.62. The Balaban J connectivity index is 1.30. The van der Waals surface area contributed by atoms with Crippen LogP contribution >= 0.6 is 0 Å². The number of imidazole rings is 1. The lowest BCUT2D eigenvalue weighted by Gasteiger charge is -2.40. The number of anilines is 2. The SMILES string of the molecule is CC(n1cnc(-c2cc(N(C)C)cnn2)c1)n1ccc(N2CCC[C@@H](N(CC3CC3)C(=O)OC(C)(C)C)C2)cc1=O. The van der Waals surface area contributed by atoms with Crippen molar-refractivity contribution in [1.29, 1.82) is 0 Å². The Bertz CT molecular complexity index is 1420. The molecule has 1 saturated heterocycles. The second-order valence-corrected chi connectivity index (χ2v) is 12.5. The van der Waals surface area contributed by atoms with Crippen molar-refractivity contribution < 1.29 is 9.53 Å². The molecule has 11 heteroatoms. The van der Waals surface area contributed by atoms with Gasteiger partial charge in [-0.2, -0.15) is 5.10 Å². The number of piperidine rings is 1. The van der Waals surface area contributed by atoms with Gasteiger partial charge < -0.3 is 24.0 Å². The predicted octanol–water partition coefficient (Wildman–Crippen LogP) is 4.25. The second kappa shape index (κ2) is 11.5. The Morgan fingerprint density at radius 3 is 2.63 bits per heavy atom. The zero-order valence-electron chi connectivity index (χ0n) is 25.0. The highest BCUT2D eigenvalue weighted by atomic mass is 16.6. The van der Waals surface area contributed by atoms with Crippen LogP contribution in [0, 0.1) is 5.92 Å². The van der Waals surface area contributed by atoms with Crippen molar-refractivity contribution in [2.45, 2.75) is 71.2 Å². The van der Waals surface area contributed by atoms with Crippen LogP contribution < -0.4 is 15.4 Å². The van der Waals surface area contributed by atoms with Crippen LogP contribution in [0.25, 0.3) is 11.4 Å². The number of amides is 1. The summed E-state index contributed by atoms with van der Waals surface area (Å²) >= 11 is 0. The van der Waals surface area contributed by atoms with Crippen LogP contribution in [-0.4, -0.2) is 80.7 Å². The lowest BCUT2D eigenvalue weighted by Crippen LogP contribution is -2.52. The second-order valence-electron chi connectivity index (χ2n) is 12.5. The largest absolute Gasteiger partial charge is 0.444 e. The molecule has 0 N–H and O–H groups in total. The normalized spacial score (nSPS) is 18.2. The summed E-state index contributed by atoms with van der Waals surface area (Å²) < 4.78 is 9.36. The molecule has 0 spiro atoms. The van der Waals surface area contributed by atoms with E-state index in [1.807, 2.05) is 80.7 Å². The molecule has 3 aromatic heterocycles. The molecule has 0 aromatic carbocycles. The highest BCUT2D eigenvalue weighted by Gasteiger charge is 2.36. The van der Waals surface area contributed by atoms with E-state index in [1.165, 1.54) is 12.8 Å². The number of hydrogen-bond acceptors (Lipinski definition) is 8. The van der Waals surface area contributed by atoms with Crippen LogP contribution in [0.3, 0.4) is 0 Å². The molecule has 220 valence electrons. The Hall–Kier alpha value is -3.89. The summed E-state index contributed by atoms with van der Waals surface area (Å²) in [5.74, 6) is 0.566. The number of ether oxygens (including phenoxy) is 1. The molecule has 1 aliphatic carbocycles. The first-order chi connectivity index (χ1) is 19.5. The van der Waals surface area contributed by atoms with E-state index in [2.05, 4.69) is 20.1 Å². The molecular formula is C30H42N8O3. The molecule has 11 nitrogen and oxygen atoms in total. The minimum absolute atomic E-state index is 0.0547. The minimum atomic E-state index is -0.534. The molecule has 41 heavy (non-hydrogen) atoms. The number of carbonyl (C=O) groups excluding carboxylic acids is 1. The molecule has 4 heterocycles. The Morgan fingerprint density at radius 1 is 1.17 bits per heavy atom. The molecule has 1 unspecified atom stereocenters. The van der Waals surface area contributed by atoms with Crippen molar-refractivity contribution in [3.63, 3.8) is 0 Å². The first-order valence-electron chi connectivity index (χ1n) is 14.5. The molecule has 0 bridgehead atoms. The zero-order chi connectivity index (χ0) is 29.3. The van der Waals surface area contributed by atoms with Crippen molar-refractivity contribution >= 4 is 17.5 Å². The Morgan fingerprint density at radius 2 is 1.95 bits per heavy atom. The summed E-state index contributed by atoms with van der Waals surface area (Å²) in [6.07, 6.45) is 10.8. The highest BCUT2D eigenvalue weighted by molar-refractivity contribution is 5.69. The van der Waals surface area contributed by atoms with E-state index in [-0.39, 0.29) is 23.9 Å². The van der Waals surface area contributed by atoms with Crippen molar-refractivity contribution in [2.75, 3.05) is 43.5 Å². The number of rotatable bonds is 8. The molecule has 1 aliphatic heterocycles. The van der Waals surface area contributed by atoms with Crippen molar-refractivity contribution in [3.8, 4) is 11.4 Å². The van der Waals surface area contributed by atoms with E-state index in [1.54, 1.807) is 23.2 Å². The summed E-state index contributed by atoms with van der Waals surface area (Å²) in [5, 5.41) is 8.32. The van der Waals surface area contributed by atoms with Gasteiger partial charge in [-0.1, -0.05) is 0 Å². The van der Waals surface area contributed by atoms with Gasteiger partial charge in [0, 0.05) is 57.9 Å². The van der Waals surface area contributed by atoms with Crippen molar-refractivity contribution in [3.05, 3.63) is 53.5 Å². The van der Waals surface area contributed by atoms with Gasteiger partial charge in [0.05, 0.1) is 24.3 Å². The van der Waals surface area contributed by atoms with Gasteiger partial charge in [-0.15, -0.1) is 5.10 Å². The molecule has 3 aromatic rings. The van der Waals surface area contributed by atoms with E-state index < -0.39 is 5.60 Å².